The highest BCUT2D eigenvalue weighted by Gasteiger charge is 2.09. The molecular weight excluding hydrogens is 280 g/mol. The van der Waals surface area contributed by atoms with Gasteiger partial charge in [0.25, 0.3) is 0 Å². The van der Waals surface area contributed by atoms with Crippen molar-refractivity contribution in [1.29, 1.82) is 0 Å². The van der Waals surface area contributed by atoms with Crippen molar-refractivity contribution in [1.82, 2.24) is 0 Å². The zero-order valence-corrected chi connectivity index (χ0v) is 11.1. The lowest BCUT2D eigenvalue weighted by molar-refractivity contribution is 0.315. The summed E-state index contributed by atoms with van der Waals surface area (Å²) < 4.78 is 28.6. The molecule has 15 heavy (non-hydrogen) atoms. The van der Waals surface area contributed by atoms with Crippen LogP contribution in [0.3, 0.4) is 0 Å². The quantitative estimate of drug-likeness (QED) is 0.857. The summed E-state index contributed by atoms with van der Waals surface area (Å²) in [5.41, 5.74) is 0. The maximum absolute atomic E-state index is 11.2. The van der Waals surface area contributed by atoms with Crippen LogP contribution < -0.4 is 4.74 Å². The second kappa shape index (κ2) is 4.99. The lowest BCUT2D eigenvalue weighted by Crippen LogP contribution is -1.99. The van der Waals surface area contributed by atoms with Gasteiger partial charge in [0.2, 0.25) is 0 Å². The van der Waals surface area contributed by atoms with E-state index in [0.717, 1.165) is 6.42 Å². The van der Waals surface area contributed by atoms with Crippen molar-refractivity contribution in [3.63, 3.8) is 0 Å². The van der Waals surface area contributed by atoms with E-state index in [2.05, 4.69) is 15.9 Å². The van der Waals surface area contributed by atoms with Gasteiger partial charge in [-0.05, 0) is 40.5 Å². The van der Waals surface area contributed by atoms with Crippen LogP contribution in [0.5, 0.6) is 5.75 Å². The summed E-state index contributed by atoms with van der Waals surface area (Å²) >= 11 is 3.28. The maximum Gasteiger partial charge on any atom is 0.175 e. The minimum absolute atomic E-state index is 0.290. The Balaban J connectivity index is 2.99. The molecule has 0 aliphatic heterocycles. The molecule has 0 saturated carbocycles. The van der Waals surface area contributed by atoms with Gasteiger partial charge in [0.15, 0.2) is 9.84 Å². The molecule has 0 spiro atoms. The van der Waals surface area contributed by atoms with E-state index >= 15 is 0 Å². The Bertz CT molecular complexity index is 440. The third kappa shape index (κ3) is 3.50. The van der Waals surface area contributed by atoms with Crippen LogP contribution in [0.2, 0.25) is 0 Å². The number of hydrogen-bond acceptors (Lipinski definition) is 3. The summed E-state index contributed by atoms with van der Waals surface area (Å²) in [5.74, 6) is 0.671. The minimum Gasteiger partial charge on any atom is -0.492 e. The first-order chi connectivity index (χ1) is 6.95. The van der Waals surface area contributed by atoms with E-state index in [1.54, 1.807) is 18.2 Å². The predicted molar refractivity (Wildman–Crippen MR) is 63.0 cm³/mol. The van der Waals surface area contributed by atoms with Gasteiger partial charge < -0.3 is 4.74 Å². The highest BCUT2D eigenvalue weighted by atomic mass is 79.9. The third-order valence-electron chi connectivity index (χ3n) is 1.79. The number of benzene rings is 1. The Morgan fingerprint density at radius 3 is 2.53 bits per heavy atom. The van der Waals surface area contributed by atoms with Gasteiger partial charge in [0.1, 0.15) is 5.75 Å². The monoisotopic (exact) mass is 292 g/mol. The van der Waals surface area contributed by atoms with Crippen LogP contribution >= 0.6 is 15.9 Å². The van der Waals surface area contributed by atoms with E-state index in [-0.39, 0.29) is 0 Å². The van der Waals surface area contributed by atoms with Gasteiger partial charge >= 0.3 is 0 Å². The Hall–Kier alpha value is -0.550. The SMILES string of the molecule is CCCOc1ccc(S(C)(=O)=O)cc1Br. The van der Waals surface area contributed by atoms with Crippen LogP contribution in [-0.4, -0.2) is 21.3 Å². The van der Waals surface area contributed by atoms with E-state index in [0.29, 0.717) is 21.7 Å². The molecule has 0 bridgehead atoms. The Morgan fingerprint density at radius 1 is 1.40 bits per heavy atom. The number of hydrogen-bond donors (Lipinski definition) is 0. The number of halogens is 1. The fraction of sp³-hybridized carbons (Fsp3) is 0.400. The minimum atomic E-state index is -3.15. The smallest absolute Gasteiger partial charge is 0.175 e. The highest BCUT2D eigenvalue weighted by molar-refractivity contribution is 9.10. The van der Waals surface area contributed by atoms with Gasteiger partial charge in [-0.3, -0.25) is 0 Å². The van der Waals surface area contributed by atoms with Gasteiger partial charge in [0.05, 0.1) is 16.0 Å². The molecule has 0 atom stereocenters. The van der Waals surface area contributed by atoms with E-state index in [1.807, 2.05) is 6.92 Å². The van der Waals surface area contributed by atoms with Crippen molar-refractivity contribution in [3.8, 4) is 5.75 Å². The van der Waals surface area contributed by atoms with Crippen LogP contribution in [0.15, 0.2) is 27.6 Å². The van der Waals surface area contributed by atoms with Crippen molar-refractivity contribution >= 4 is 25.8 Å². The molecule has 0 aliphatic carbocycles. The molecule has 84 valence electrons. The van der Waals surface area contributed by atoms with Gasteiger partial charge in [-0.15, -0.1) is 0 Å². The lowest BCUT2D eigenvalue weighted by atomic mass is 10.3. The maximum atomic E-state index is 11.2. The number of ether oxygens (including phenoxy) is 1. The number of rotatable bonds is 4. The van der Waals surface area contributed by atoms with Crippen molar-refractivity contribution in [2.45, 2.75) is 18.2 Å². The Morgan fingerprint density at radius 2 is 2.07 bits per heavy atom. The summed E-state index contributed by atoms with van der Waals surface area (Å²) in [5, 5.41) is 0. The Labute approximate surface area is 98.5 Å². The largest absolute Gasteiger partial charge is 0.492 e. The lowest BCUT2D eigenvalue weighted by Gasteiger charge is -2.07. The molecule has 0 aliphatic rings. The molecule has 1 aromatic rings. The zero-order chi connectivity index (χ0) is 11.5. The van der Waals surface area contributed by atoms with E-state index < -0.39 is 9.84 Å². The van der Waals surface area contributed by atoms with Gasteiger partial charge in [-0.25, -0.2) is 8.42 Å². The van der Waals surface area contributed by atoms with Crippen LogP contribution in [0.4, 0.5) is 0 Å². The zero-order valence-electron chi connectivity index (χ0n) is 8.66. The van der Waals surface area contributed by atoms with Crippen LogP contribution in [0, 0.1) is 0 Å². The molecule has 5 heteroatoms. The van der Waals surface area contributed by atoms with Gasteiger partial charge in [-0.2, -0.15) is 0 Å². The average molecular weight is 293 g/mol. The van der Waals surface area contributed by atoms with Crippen LogP contribution in [0.25, 0.3) is 0 Å². The second-order valence-electron chi connectivity index (χ2n) is 3.21. The molecule has 0 aromatic heterocycles. The fourth-order valence-corrected chi connectivity index (χ4v) is 2.33. The molecule has 0 fully saturated rings. The van der Waals surface area contributed by atoms with E-state index in [4.69, 9.17) is 4.74 Å². The van der Waals surface area contributed by atoms with Crippen LogP contribution in [-0.2, 0) is 9.84 Å². The van der Waals surface area contributed by atoms with E-state index in [1.165, 1.54) is 6.26 Å². The Kier molecular flexibility index (Phi) is 4.16. The first-order valence-corrected chi connectivity index (χ1v) is 7.26. The average Bonchev–Trinajstić information content (AvgIpc) is 2.14. The third-order valence-corrected chi connectivity index (χ3v) is 3.52. The molecule has 1 rings (SSSR count). The summed E-state index contributed by atoms with van der Waals surface area (Å²) in [7, 11) is -3.15. The molecule has 0 N–H and O–H groups in total. The first kappa shape index (κ1) is 12.5. The van der Waals surface area contributed by atoms with Crippen molar-refractivity contribution in [2.24, 2.45) is 0 Å². The summed E-state index contributed by atoms with van der Waals surface area (Å²) in [6.07, 6.45) is 2.10. The summed E-state index contributed by atoms with van der Waals surface area (Å²) in [6.45, 7) is 2.63. The molecule has 0 saturated heterocycles. The summed E-state index contributed by atoms with van der Waals surface area (Å²) in [4.78, 5) is 0.290. The van der Waals surface area contributed by atoms with Crippen LogP contribution in [0.1, 0.15) is 13.3 Å². The molecule has 0 unspecified atom stereocenters. The molecule has 0 amide bonds. The molecule has 1 aromatic carbocycles. The number of sulfone groups is 1. The molecule has 0 radical (unpaired) electrons. The van der Waals surface area contributed by atoms with Gasteiger partial charge in [-0.1, -0.05) is 6.92 Å². The van der Waals surface area contributed by atoms with Crippen molar-refractivity contribution in [2.75, 3.05) is 12.9 Å². The van der Waals surface area contributed by atoms with E-state index in [9.17, 15) is 8.42 Å². The first-order valence-electron chi connectivity index (χ1n) is 4.57. The topological polar surface area (TPSA) is 43.4 Å². The normalized spacial score (nSPS) is 11.4. The second-order valence-corrected chi connectivity index (χ2v) is 6.08. The molecule has 0 heterocycles. The molecular formula is C10H13BrO3S. The van der Waals surface area contributed by atoms with Crippen molar-refractivity contribution < 1.29 is 13.2 Å². The fourth-order valence-electron chi connectivity index (χ4n) is 1.04. The predicted octanol–water partition coefficient (Wildman–Crippen LogP) is 2.64. The molecule has 3 nitrogen and oxygen atoms in total. The highest BCUT2D eigenvalue weighted by Crippen LogP contribution is 2.27. The van der Waals surface area contributed by atoms with Crippen molar-refractivity contribution in [3.05, 3.63) is 22.7 Å². The summed E-state index contributed by atoms with van der Waals surface area (Å²) in [6, 6.07) is 4.77. The van der Waals surface area contributed by atoms with Gasteiger partial charge in [0, 0.05) is 6.26 Å². The standard InChI is InChI=1S/C10H13BrO3S/c1-3-6-14-10-5-4-8(7-9(10)11)15(2,12)13/h4-5,7H,3,6H2,1-2H3.